The van der Waals surface area contributed by atoms with E-state index >= 15 is 0 Å². The minimum absolute atomic E-state index is 0.0587. The zero-order valence-electron chi connectivity index (χ0n) is 15.7. The number of carbonyl (C=O) groups is 1. The molecule has 0 fully saturated rings. The number of alkyl halides is 3. The molecule has 0 radical (unpaired) electrons. The fourth-order valence-electron chi connectivity index (χ4n) is 2.93. The molecule has 7 nitrogen and oxygen atoms in total. The molecule has 2 aromatic carbocycles. The molecule has 0 spiro atoms. The molecule has 1 unspecified atom stereocenters. The largest absolute Gasteiger partial charge is 0.573 e. The van der Waals surface area contributed by atoms with Crippen molar-refractivity contribution in [3.05, 3.63) is 48.5 Å². The molecule has 1 heterocycles. The molecule has 11 heteroatoms. The average molecular weight is 441 g/mol. The summed E-state index contributed by atoms with van der Waals surface area (Å²) < 4.78 is 68.6. The van der Waals surface area contributed by atoms with Crippen LogP contribution < -0.4 is 15.4 Å². The average Bonchev–Trinajstić information content (AvgIpc) is 2.61. The van der Waals surface area contributed by atoms with Gasteiger partial charge in [-0.05, 0) is 42.3 Å². The van der Waals surface area contributed by atoms with Gasteiger partial charge in [-0.15, -0.1) is 17.6 Å². The lowest BCUT2D eigenvalue weighted by Crippen LogP contribution is -2.25. The quantitative estimate of drug-likeness (QED) is 0.702. The predicted molar refractivity (Wildman–Crippen MR) is 105 cm³/mol. The van der Waals surface area contributed by atoms with Crippen molar-refractivity contribution in [2.75, 3.05) is 10.6 Å². The summed E-state index contributed by atoms with van der Waals surface area (Å²) in [6.07, 6.45) is -4.51. The molecule has 0 aliphatic carbocycles. The Labute approximate surface area is 171 Å². The molecule has 160 valence electrons. The van der Waals surface area contributed by atoms with Crippen LogP contribution >= 0.6 is 0 Å². The van der Waals surface area contributed by atoms with Gasteiger partial charge in [0.2, 0.25) is 5.91 Å². The van der Waals surface area contributed by atoms with Crippen molar-refractivity contribution in [1.29, 1.82) is 0 Å². The predicted octanol–water partition coefficient (Wildman–Crippen LogP) is 4.15. The summed E-state index contributed by atoms with van der Waals surface area (Å²) in [4.78, 5) is 12.3. The number of halogens is 3. The van der Waals surface area contributed by atoms with Crippen LogP contribution in [-0.2, 0) is 14.8 Å². The van der Waals surface area contributed by atoms with Crippen molar-refractivity contribution in [1.82, 2.24) is 0 Å². The number of carbonyl (C=O) groups excluding carboxylic acids is 1. The Morgan fingerprint density at radius 2 is 1.83 bits per heavy atom. The highest BCUT2D eigenvalue weighted by molar-refractivity contribution is 7.90. The molecule has 0 saturated heterocycles. The summed E-state index contributed by atoms with van der Waals surface area (Å²) in [5.74, 6) is -0.768. The van der Waals surface area contributed by atoms with Crippen molar-refractivity contribution in [3.63, 3.8) is 0 Å². The Kier molecular flexibility index (Phi) is 6.01. The lowest BCUT2D eigenvalue weighted by Gasteiger charge is -2.20. The molecule has 30 heavy (non-hydrogen) atoms. The monoisotopic (exact) mass is 441 g/mol. The topological polar surface area (TPSA) is 96.9 Å². The molecule has 1 amide bonds. The molecule has 0 aromatic heterocycles. The highest BCUT2D eigenvalue weighted by atomic mass is 32.2. The van der Waals surface area contributed by atoms with Crippen molar-refractivity contribution < 1.29 is 31.1 Å². The molecule has 3 rings (SSSR count). The van der Waals surface area contributed by atoms with E-state index in [1.807, 2.05) is 0 Å². The Balaban J connectivity index is 1.56. The fourth-order valence-corrected chi connectivity index (χ4v) is 4.08. The molecule has 2 aromatic rings. The van der Waals surface area contributed by atoms with Gasteiger partial charge in [0.15, 0.2) is 0 Å². The van der Waals surface area contributed by atoms with E-state index in [1.54, 1.807) is 25.1 Å². The maximum atomic E-state index is 12.3. The van der Waals surface area contributed by atoms with Gasteiger partial charge in [-0.1, -0.05) is 19.1 Å². The second kappa shape index (κ2) is 8.34. The smallest absolute Gasteiger partial charge is 0.406 e. The number of sulfonamides is 1. The number of anilines is 2. The second-order valence-electron chi connectivity index (χ2n) is 6.77. The number of nitrogens with zero attached hydrogens (tertiary/aromatic N) is 1. The lowest BCUT2D eigenvalue weighted by atomic mass is 10.0. The van der Waals surface area contributed by atoms with Gasteiger partial charge >= 0.3 is 6.36 Å². The number of hydrogen-bond acceptors (Lipinski definition) is 5. The Morgan fingerprint density at radius 1 is 1.17 bits per heavy atom. The van der Waals surface area contributed by atoms with Gasteiger partial charge in [0.1, 0.15) is 16.5 Å². The molecule has 2 N–H and O–H groups in total. The highest BCUT2D eigenvalue weighted by Gasteiger charge is 2.31. The van der Waals surface area contributed by atoms with Gasteiger partial charge in [0.05, 0.1) is 5.69 Å². The molecule has 0 saturated carbocycles. The zero-order chi connectivity index (χ0) is 21.9. The first kappa shape index (κ1) is 21.6. The first-order valence-electron chi connectivity index (χ1n) is 8.87. The summed E-state index contributed by atoms with van der Waals surface area (Å²) >= 11 is 0. The third kappa shape index (κ3) is 5.72. The summed E-state index contributed by atoms with van der Waals surface area (Å²) in [5, 5.41) is 5.54. The van der Waals surface area contributed by atoms with Crippen molar-refractivity contribution in [2.24, 2.45) is 10.3 Å². The number of hydrogen-bond donors (Lipinski definition) is 2. The minimum Gasteiger partial charge on any atom is -0.406 e. The molecule has 1 aliphatic heterocycles. The van der Waals surface area contributed by atoms with Crippen LogP contribution in [0, 0.1) is 5.92 Å². The molecule has 1 aliphatic rings. The minimum atomic E-state index is -4.79. The van der Waals surface area contributed by atoms with Gasteiger partial charge < -0.3 is 15.4 Å². The maximum absolute atomic E-state index is 12.3. The van der Waals surface area contributed by atoms with E-state index in [1.165, 1.54) is 18.2 Å². The molecule has 0 bridgehead atoms. The SMILES string of the molecule is CC(CC(=O)Nc1ccc(OC(F)(F)F)cc1)CC1=NS(=O)(=O)c2ccccc2N1. The van der Waals surface area contributed by atoms with Gasteiger partial charge in [0.25, 0.3) is 10.0 Å². The van der Waals surface area contributed by atoms with Gasteiger partial charge in [-0.3, -0.25) is 4.79 Å². The van der Waals surface area contributed by atoms with E-state index in [9.17, 15) is 26.4 Å². The summed E-state index contributed by atoms with van der Waals surface area (Å²) in [5.41, 5.74) is 0.742. The van der Waals surface area contributed by atoms with Crippen LogP contribution in [-0.4, -0.2) is 26.5 Å². The number of fused-ring (bicyclic) bond motifs is 1. The molecular weight excluding hydrogens is 423 g/mol. The number of rotatable bonds is 6. The van der Waals surface area contributed by atoms with E-state index in [0.29, 0.717) is 11.4 Å². The van der Waals surface area contributed by atoms with Gasteiger partial charge in [-0.2, -0.15) is 8.42 Å². The third-order valence-corrected chi connectivity index (χ3v) is 5.49. The zero-order valence-corrected chi connectivity index (χ0v) is 16.5. The van der Waals surface area contributed by atoms with E-state index in [0.717, 1.165) is 12.1 Å². The van der Waals surface area contributed by atoms with Crippen LogP contribution in [0.3, 0.4) is 0 Å². The van der Waals surface area contributed by atoms with Crippen LogP contribution in [0.2, 0.25) is 0 Å². The van der Waals surface area contributed by atoms with Crippen molar-refractivity contribution in [3.8, 4) is 5.75 Å². The van der Waals surface area contributed by atoms with Gasteiger partial charge in [-0.25, -0.2) is 0 Å². The standard InChI is InChI=1S/C19H18F3N3O4S/c1-12(10-17-24-15-4-2-3-5-16(15)30(27,28)25-17)11-18(26)23-13-6-8-14(9-7-13)29-19(20,21)22/h2-9,12H,10-11H2,1H3,(H,23,26)(H,24,25). The Hall–Kier alpha value is -3.08. The highest BCUT2D eigenvalue weighted by Crippen LogP contribution is 2.28. The first-order chi connectivity index (χ1) is 14.0. The van der Waals surface area contributed by atoms with E-state index < -0.39 is 22.1 Å². The normalized spacial score (nSPS) is 15.9. The summed E-state index contributed by atoms with van der Waals surface area (Å²) in [6, 6.07) is 11.2. The number of benzene rings is 2. The van der Waals surface area contributed by atoms with E-state index in [2.05, 4.69) is 19.8 Å². The number of nitrogens with one attached hydrogen (secondary N) is 2. The Morgan fingerprint density at radius 3 is 2.50 bits per heavy atom. The molecular formula is C19H18F3N3O4S. The molecule has 1 atom stereocenters. The van der Waals surface area contributed by atoms with Crippen LogP contribution in [0.5, 0.6) is 5.75 Å². The van der Waals surface area contributed by atoms with Crippen molar-refractivity contribution >= 4 is 33.1 Å². The van der Waals surface area contributed by atoms with Crippen LogP contribution in [0.1, 0.15) is 19.8 Å². The van der Waals surface area contributed by atoms with Crippen molar-refractivity contribution in [2.45, 2.75) is 31.0 Å². The fraction of sp³-hybridized carbons (Fsp3) is 0.263. The maximum Gasteiger partial charge on any atom is 0.573 e. The third-order valence-electron chi connectivity index (χ3n) is 4.12. The summed E-state index contributed by atoms with van der Waals surface area (Å²) in [6.45, 7) is 1.76. The van der Waals surface area contributed by atoms with Gasteiger partial charge in [0, 0.05) is 18.5 Å². The second-order valence-corrected chi connectivity index (χ2v) is 8.34. The number of ether oxygens (including phenoxy) is 1. The van der Waals surface area contributed by atoms with Crippen LogP contribution in [0.15, 0.2) is 57.8 Å². The summed E-state index contributed by atoms with van der Waals surface area (Å²) in [7, 11) is -3.80. The number of para-hydroxylation sites is 1. The number of amidine groups is 1. The van der Waals surface area contributed by atoms with E-state index in [4.69, 9.17) is 0 Å². The Bertz CT molecular complexity index is 1070. The van der Waals surface area contributed by atoms with Crippen LogP contribution in [0.25, 0.3) is 0 Å². The van der Waals surface area contributed by atoms with E-state index in [-0.39, 0.29) is 35.4 Å². The lowest BCUT2D eigenvalue weighted by molar-refractivity contribution is -0.274. The number of amides is 1. The van der Waals surface area contributed by atoms with Crippen LogP contribution in [0.4, 0.5) is 24.5 Å². The first-order valence-corrected chi connectivity index (χ1v) is 10.3.